The molecule has 0 heterocycles. The van der Waals surface area contributed by atoms with Crippen molar-refractivity contribution in [3.05, 3.63) is 63.6 Å². The first-order chi connectivity index (χ1) is 10.1. The summed E-state index contributed by atoms with van der Waals surface area (Å²) in [6.07, 6.45) is 1.17. The van der Waals surface area contributed by atoms with Crippen LogP contribution >= 0.6 is 39.1 Å². The van der Waals surface area contributed by atoms with Crippen LogP contribution in [0, 0.1) is 5.92 Å². The fraction of sp³-hybridized carbons (Fsp3) is 0.294. The molecule has 1 nitrogen and oxygen atoms in total. The Kier molecular flexibility index (Phi) is 4.49. The van der Waals surface area contributed by atoms with E-state index in [4.69, 9.17) is 27.9 Å². The number of ether oxygens (including phenoxy) is 1. The Morgan fingerprint density at radius 1 is 1.14 bits per heavy atom. The normalized spacial score (nSPS) is 21.9. The van der Waals surface area contributed by atoms with Gasteiger partial charge in [0.1, 0.15) is 5.75 Å². The molecular weight excluding hydrogens is 371 g/mol. The Morgan fingerprint density at radius 3 is 2.52 bits per heavy atom. The van der Waals surface area contributed by atoms with Crippen LogP contribution in [0.5, 0.6) is 5.75 Å². The van der Waals surface area contributed by atoms with Crippen LogP contribution < -0.4 is 4.74 Å². The highest BCUT2D eigenvalue weighted by molar-refractivity contribution is 9.09. The van der Waals surface area contributed by atoms with Gasteiger partial charge in [0, 0.05) is 15.9 Å². The van der Waals surface area contributed by atoms with Crippen LogP contribution in [0.25, 0.3) is 0 Å². The largest absolute Gasteiger partial charge is 0.495 e. The second-order valence-electron chi connectivity index (χ2n) is 5.33. The maximum atomic E-state index is 6.37. The van der Waals surface area contributed by atoms with Crippen LogP contribution in [0.1, 0.15) is 28.3 Å². The van der Waals surface area contributed by atoms with Crippen LogP contribution in [0.4, 0.5) is 0 Å². The lowest BCUT2D eigenvalue weighted by atomic mass is 10.0. The quantitative estimate of drug-likeness (QED) is 0.565. The predicted molar refractivity (Wildman–Crippen MR) is 92.0 cm³/mol. The van der Waals surface area contributed by atoms with Crippen molar-refractivity contribution < 1.29 is 4.74 Å². The minimum absolute atomic E-state index is 0.207. The zero-order valence-corrected chi connectivity index (χ0v) is 14.6. The summed E-state index contributed by atoms with van der Waals surface area (Å²) in [6, 6.07) is 14.3. The van der Waals surface area contributed by atoms with Crippen molar-refractivity contribution in [3.63, 3.8) is 0 Å². The average molecular weight is 386 g/mol. The van der Waals surface area contributed by atoms with Gasteiger partial charge in [0.05, 0.1) is 12.1 Å². The zero-order valence-electron chi connectivity index (χ0n) is 11.5. The van der Waals surface area contributed by atoms with E-state index >= 15 is 0 Å². The predicted octanol–water partition coefficient (Wildman–Crippen LogP) is 6.24. The van der Waals surface area contributed by atoms with Crippen LogP contribution in [0.15, 0.2) is 42.5 Å². The maximum Gasteiger partial charge on any atom is 0.138 e. The van der Waals surface area contributed by atoms with Gasteiger partial charge in [-0.15, -0.1) is 0 Å². The fourth-order valence-electron chi connectivity index (χ4n) is 2.76. The lowest BCUT2D eigenvalue weighted by Gasteiger charge is -2.14. The number of hydrogen-bond donors (Lipinski definition) is 0. The molecule has 0 N–H and O–H groups in total. The van der Waals surface area contributed by atoms with E-state index < -0.39 is 0 Å². The molecule has 0 spiro atoms. The number of benzene rings is 2. The Morgan fingerprint density at radius 2 is 1.86 bits per heavy atom. The molecule has 21 heavy (non-hydrogen) atoms. The highest BCUT2D eigenvalue weighted by atomic mass is 79.9. The van der Waals surface area contributed by atoms with Gasteiger partial charge in [-0.25, -0.2) is 0 Å². The molecule has 0 amide bonds. The van der Waals surface area contributed by atoms with Crippen molar-refractivity contribution >= 4 is 39.1 Å². The molecule has 2 aromatic rings. The van der Waals surface area contributed by atoms with Gasteiger partial charge in [0.15, 0.2) is 0 Å². The molecule has 3 unspecified atom stereocenters. The summed E-state index contributed by atoms with van der Waals surface area (Å²) in [5.41, 5.74) is 2.42. The Labute approximate surface area is 143 Å². The summed E-state index contributed by atoms with van der Waals surface area (Å²) in [4.78, 5) is 0.207. The van der Waals surface area contributed by atoms with Crippen molar-refractivity contribution in [2.45, 2.75) is 17.2 Å². The molecule has 1 fully saturated rings. The summed E-state index contributed by atoms with van der Waals surface area (Å²) in [6.45, 7) is 0. The van der Waals surface area contributed by atoms with Crippen molar-refractivity contribution in [1.29, 1.82) is 0 Å². The third-order valence-corrected chi connectivity index (χ3v) is 5.81. The van der Waals surface area contributed by atoms with E-state index in [0.29, 0.717) is 27.6 Å². The van der Waals surface area contributed by atoms with Crippen molar-refractivity contribution in [1.82, 2.24) is 0 Å². The summed E-state index contributed by atoms with van der Waals surface area (Å²) in [5, 5.41) is 1.29. The third-order valence-electron chi connectivity index (χ3n) is 4.01. The molecule has 0 aliphatic heterocycles. The molecule has 1 saturated carbocycles. The van der Waals surface area contributed by atoms with Crippen LogP contribution in [0.2, 0.25) is 10.0 Å². The summed E-state index contributed by atoms with van der Waals surface area (Å²) < 4.78 is 5.20. The van der Waals surface area contributed by atoms with Crippen molar-refractivity contribution in [2.75, 3.05) is 7.11 Å². The number of rotatable bonds is 4. The second-order valence-corrected chi connectivity index (χ2v) is 7.13. The van der Waals surface area contributed by atoms with Gasteiger partial charge in [-0.05, 0) is 35.4 Å². The molecule has 4 heteroatoms. The summed E-state index contributed by atoms with van der Waals surface area (Å²) in [5.74, 6) is 1.75. The van der Waals surface area contributed by atoms with E-state index in [-0.39, 0.29) is 4.83 Å². The monoisotopic (exact) mass is 384 g/mol. The molecule has 0 aromatic heterocycles. The molecule has 0 bridgehead atoms. The lowest BCUT2D eigenvalue weighted by molar-refractivity contribution is 0.415. The van der Waals surface area contributed by atoms with Gasteiger partial charge in [-0.2, -0.15) is 0 Å². The van der Waals surface area contributed by atoms with E-state index in [1.165, 1.54) is 12.0 Å². The Bertz CT molecular complexity index is 645. The van der Waals surface area contributed by atoms with E-state index in [2.05, 4.69) is 40.2 Å². The topological polar surface area (TPSA) is 9.23 Å². The van der Waals surface area contributed by atoms with E-state index in [0.717, 1.165) is 5.56 Å². The first-order valence-corrected chi connectivity index (χ1v) is 8.51. The van der Waals surface area contributed by atoms with Crippen LogP contribution in [0.3, 0.4) is 0 Å². The molecule has 1 aliphatic carbocycles. The summed E-state index contributed by atoms with van der Waals surface area (Å²) in [7, 11) is 1.59. The molecular formula is C17H15BrCl2O. The molecule has 1 aliphatic rings. The molecule has 3 atom stereocenters. The number of halogens is 3. The smallest absolute Gasteiger partial charge is 0.138 e. The Balaban J connectivity index is 1.81. The summed E-state index contributed by atoms with van der Waals surface area (Å²) >= 11 is 16.4. The van der Waals surface area contributed by atoms with Gasteiger partial charge in [-0.3, -0.25) is 0 Å². The van der Waals surface area contributed by atoms with E-state index in [1.54, 1.807) is 13.2 Å². The van der Waals surface area contributed by atoms with E-state index in [9.17, 15) is 0 Å². The number of alkyl halides is 1. The first-order valence-electron chi connectivity index (χ1n) is 6.83. The van der Waals surface area contributed by atoms with Gasteiger partial charge in [0.2, 0.25) is 0 Å². The standard InChI is InChI=1S/C17H15BrCl2O/c1-21-16-9-14(19)13(8-15(16)20)17(18)12-7-11(12)10-5-3-2-4-6-10/h2-6,8-9,11-12,17H,7H2,1H3. The SMILES string of the molecule is COc1cc(Cl)c(C(Br)C2CC2c2ccccc2)cc1Cl. The lowest BCUT2D eigenvalue weighted by Crippen LogP contribution is -1.97. The van der Waals surface area contributed by atoms with Gasteiger partial charge < -0.3 is 4.74 Å². The van der Waals surface area contributed by atoms with Crippen molar-refractivity contribution in [2.24, 2.45) is 5.92 Å². The molecule has 2 aromatic carbocycles. The zero-order chi connectivity index (χ0) is 15.0. The molecule has 3 rings (SSSR count). The van der Waals surface area contributed by atoms with Crippen LogP contribution in [-0.2, 0) is 0 Å². The molecule has 0 radical (unpaired) electrons. The van der Waals surface area contributed by atoms with Gasteiger partial charge in [-0.1, -0.05) is 69.5 Å². The van der Waals surface area contributed by atoms with Crippen molar-refractivity contribution in [3.8, 4) is 5.75 Å². The van der Waals surface area contributed by atoms with Crippen LogP contribution in [-0.4, -0.2) is 7.11 Å². The second kappa shape index (κ2) is 6.20. The average Bonchev–Trinajstić information content (AvgIpc) is 3.30. The van der Waals surface area contributed by atoms with Gasteiger partial charge in [0.25, 0.3) is 0 Å². The minimum Gasteiger partial charge on any atom is -0.495 e. The first kappa shape index (κ1) is 15.2. The number of hydrogen-bond acceptors (Lipinski definition) is 1. The third kappa shape index (κ3) is 3.08. The number of methoxy groups -OCH3 is 1. The Hall–Kier alpha value is -0.700. The van der Waals surface area contributed by atoms with Gasteiger partial charge >= 0.3 is 0 Å². The minimum atomic E-state index is 0.207. The highest BCUT2D eigenvalue weighted by Gasteiger charge is 2.43. The fourth-order valence-corrected chi connectivity index (χ4v) is 4.38. The molecule has 110 valence electrons. The molecule has 0 saturated heterocycles. The maximum absolute atomic E-state index is 6.37. The van der Waals surface area contributed by atoms with E-state index in [1.807, 2.05) is 12.1 Å². The highest BCUT2D eigenvalue weighted by Crippen LogP contribution is 2.58.